The molecule has 0 spiro atoms. The molecule has 0 aliphatic rings. The summed E-state index contributed by atoms with van der Waals surface area (Å²) in [6.07, 6.45) is 8.15. The Morgan fingerprint density at radius 1 is 0.974 bits per heavy atom. The summed E-state index contributed by atoms with van der Waals surface area (Å²) < 4.78 is 21.9. The van der Waals surface area contributed by atoms with Crippen molar-refractivity contribution in [1.29, 1.82) is 0 Å². The highest BCUT2D eigenvalue weighted by Crippen LogP contribution is 2.45. The molecular formula is C32H59NO3SSi2. The second kappa shape index (κ2) is 16.6. The molecule has 0 unspecified atom stereocenters. The quantitative estimate of drug-likeness (QED) is 0.118. The van der Waals surface area contributed by atoms with Crippen LogP contribution in [-0.2, 0) is 13.0 Å². The van der Waals surface area contributed by atoms with Gasteiger partial charge in [-0.1, -0.05) is 74.0 Å². The molecule has 0 saturated carbocycles. The van der Waals surface area contributed by atoms with E-state index in [1.54, 1.807) is 11.3 Å². The lowest BCUT2D eigenvalue weighted by Gasteiger charge is -2.49. The van der Waals surface area contributed by atoms with Crippen molar-refractivity contribution in [2.45, 2.75) is 137 Å². The smallest absolute Gasteiger partial charge is 0.335 e. The molecule has 0 fully saturated rings. The second-order valence-corrected chi connectivity index (χ2v) is 22.6. The average Bonchev–Trinajstić information content (AvgIpc) is 3.23. The summed E-state index contributed by atoms with van der Waals surface area (Å²) in [7, 11) is -5.45. The van der Waals surface area contributed by atoms with Crippen LogP contribution in [0.5, 0.6) is 0 Å². The fourth-order valence-corrected chi connectivity index (χ4v) is 17.2. The minimum atomic E-state index is -2.78. The Kier molecular flexibility index (Phi) is 15.4. The Bertz CT molecular complexity index is 906. The Hall–Kier alpha value is -0.836. The van der Waals surface area contributed by atoms with Crippen LogP contribution in [0.4, 0.5) is 0 Å². The van der Waals surface area contributed by atoms with Crippen molar-refractivity contribution in [1.82, 2.24) is 4.98 Å². The topological polar surface area (TPSA) is 40.6 Å². The van der Waals surface area contributed by atoms with E-state index in [2.05, 4.69) is 106 Å². The van der Waals surface area contributed by atoms with Crippen molar-refractivity contribution in [2.75, 3.05) is 6.61 Å². The summed E-state index contributed by atoms with van der Waals surface area (Å²) in [6, 6.07) is 0. The predicted octanol–water partition coefficient (Wildman–Crippen LogP) is 10.8. The van der Waals surface area contributed by atoms with Gasteiger partial charge in [-0.3, -0.25) is 0 Å². The van der Waals surface area contributed by atoms with E-state index < -0.39 is 17.1 Å². The molecule has 0 aliphatic carbocycles. The summed E-state index contributed by atoms with van der Waals surface area (Å²) >= 11 is 1.67. The molecule has 0 aliphatic heterocycles. The zero-order valence-corrected chi connectivity index (χ0v) is 30.0. The molecule has 4 nitrogen and oxygen atoms in total. The molecule has 0 bridgehead atoms. The van der Waals surface area contributed by atoms with Crippen molar-refractivity contribution in [2.24, 2.45) is 5.92 Å². The highest BCUT2D eigenvalue weighted by atomic mass is 32.1. The van der Waals surface area contributed by atoms with Gasteiger partial charge < -0.3 is 13.0 Å². The van der Waals surface area contributed by atoms with Crippen LogP contribution in [-0.4, -0.2) is 34.8 Å². The van der Waals surface area contributed by atoms with E-state index in [-0.39, 0.29) is 17.2 Å². The number of aryl methyl sites for hydroxylation is 1. The third kappa shape index (κ3) is 10.5. The molecule has 1 aromatic heterocycles. The lowest BCUT2D eigenvalue weighted by Crippen LogP contribution is -2.62. The van der Waals surface area contributed by atoms with Crippen LogP contribution < -0.4 is 0 Å². The highest BCUT2D eigenvalue weighted by molar-refractivity contribution is 7.09. The second-order valence-electron chi connectivity index (χ2n) is 12.7. The van der Waals surface area contributed by atoms with Gasteiger partial charge in [-0.2, -0.15) is 0 Å². The number of thiazole rings is 1. The maximum atomic E-state index is 7.59. The Labute approximate surface area is 247 Å². The minimum Gasteiger partial charge on any atom is -0.414 e. The molecule has 224 valence electrons. The number of aromatic nitrogens is 1. The molecule has 39 heavy (non-hydrogen) atoms. The van der Waals surface area contributed by atoms with Gasteiger partial charge in [-0.05, 0) is 86.2 Å². The van der Waals surface area contributed by atoms with E-state index in [1.165, 1.54) is 5.57 Å². The van der Waals surface area contributed by atoms with Crippen LogP contribution in [0, 0.1) is 12.8 Å². The fourth-order valence-electron chi connectivity index (χ4n) is 5.29. The summed E-state index contributed by atoms with van der Waals surface area (Å²) in [5.41, 5.74) is 4.55. The van der Waals surface area contributed by atoms with Gasteiger partial charge in [0, 0.05) is 12.0 Å². The third-order valence-corrected chi connectivity index (χ3v) is 18.7. The van der Waals surface area contributed by atoms with E-state index in [9.17, 15) is 0 Å². The van der Waals surface area contributed by atoms with E-state index in [0.29, 0.717) is 17.0 Å². The summed E-state index contributed by atoms with van der Waals surface area (Å²) in [4.78, 5) is 4.66. The molecule has 0 N–H and O–H groups in total. The molecule has 0 radical (unpaired) electrons. The van der Waals surface area contributed by atoms with Gasteiger partial charge in [-0.15, -0.1) is 24.5 Å². The first kappa shape index (κ1) is 36.2. The normalized spacial score (nSPS) is 15.0. The number of allylic oxidation sites excluding steroid dienone is 1. The Balaban J connectivity index is 3.42. The lowest BCUT2D eigenvalue weighted by molar-refractivity contribution is 0.123. The maximum Gasteiger partial charge on any atom is 0.335 e. The van der Waals surface area contributed by atoms with Gasteiger partial charge in [0.25, 0.3) is 0 Å². The first-order chi connectivity index (χ1) is 18.1. The minimum absolute atomic E-state index is 0.104. The molecule has 7 heteroatoms. The largest absolute Gasteiger partial charge is 0.414 e. The van der Waals surface area contributed by atoms with E-state index in [4.69, 9.17) is 13.0 Å². The fraction of sp³-hybridized carbons (Fsp3) is 0.719. The summed E-state index contributed by atoms with van der Waals surface area (Å²) in [5, 5.41) is 3.18. The van der Waals surface area contributed by atoms with E-state index in [1.807, 2.05) is 13.0 Å². The predicted molar refractivity (Wildman–Crippen MR) is 177 cm³/mol. The van der Waals surface area contributed by atoms with Crippen molar-refractivity contribution in [3.8, 4) is 0 Å². The van der Waals surface area contributed by atoms with Crippen LogP contribution in [0.2, 0.25) is 22.2 Å². The van der Waals surface area contributed by atoms with Crippen LogP contribution in [0.1, 0.15) is 113 Å². The maximum absolute atomic E-state index is 7.59. The number of hydrogen-bond acceptors (Lipinski definition) is 5. The van der Waals surface area contributed by atoms with Crippen LogP contribution in [0.3, 0.4) is 0 Å². The standard InChI is InChI=1S/C32H59NO3SSi2/c1-15-17-32(29(13)20-31-22-37-30(14)33-31)35-39(26(8)9,27(10)11)36-38(24(4)5,25(6)7)34-21-28(12)19-16-18-23(2)3/h15,20,22,24-28,32H,1-2,16-19,21H2,3-14H3/b29-20+/t28-,32-/m0/s1. The number of hydrogen-bond donors (Lipinski definition) is 0. The van der Waals surface area contributed by atoms with Gasteiger partial charge in [0.1, 0.15) is 0 Å². The molecule has 0 amide bonds. The van der Waals surface area contributed by atoms with Gasteiger partial charge in [0.15, 0.2) is 0 Å². The summed E-state index contributed by atoms with van der Waals surface area (Å²) in [6.45, 7) is 35.7. The zero-order valence-electron chi connectivity index (χ0n) is 27.2. The zero-order chi connectivity index (χ0) is 30.0. The molecule has 1 heterocycles. The first-order valence-electron chi connectivity index (χ1n) is 15.0. The van der Waals surface area contributed by atoms with E-state index in [0.717, 1.165) is 48.6 Å². The third-order valence-electron chi connectivity index (χ3n) is 7.66. The molecular weight excluding hydrogens is 535 g/mol. The van der Waals surface area contributed by atoms with E-state index >= 15 is 0 Å². The number of nitrogens with zero attached hydrogens (tertiary/aromatic N) is 1. The van der Waals surface area contributed by atoms with Gasteiger partial charge >= 0.3 is 17.1 Å². The molecule has 2 atom stereocenters. The summed E-state index contributed by atoms with van der Waals surface area (Å²) in [5.74, 6) is 0.479. The molecule has 1 aromatic rings. The molecule has 0 aromatic carbocycles. The SMILES string of the molecule is C=CC[C@H](O[Si](O[Si](OC[C@@H](C)CCCC(=C)C)(C(C)C)C(C)C)(C(C)C)C(C)C)/C(C)=C/c1csc(C)n1. The molecule has 1 rings (SSSR count). The lowest BCUT2D eigenvalue weighted by atomic mass is 10.0. The Morgan fingerprint density at radius 2 is 1.54 bits per heavy atom. The Morgan fingerprint density at radius 3 is 1.97 bits per heavy atom. The van der Waals surface area contributed by atoms with Crippen molar-refractivity contribution in [3.05, 3.63) is 46.5 Å². The molecule has 0 saturated heterocycles. The van der Waals surface area contributed by atoms with Gasteiger partial charge in [-0.25, -0.2) is 4.98 Å². The van der Waals surface area contributed by atoms with Gasteiger partial charge in [0.2, 0.25) is 0 Å². The van der Waals surface area contributed by atoms with Crippen LogP contribution >= 0.6 is 11.3 Å². The van der Waals surface area contributed by atoms with Crippen molar-refractivity contribution in [3.63, 3.8) is 0 Å². The van der Waals surface area contributed by atoms with Crippen molar-refractivity contribution >= 4 is 34.5 Å². The first-order valence-corrected chi connectivity index (χ1v) is 19.8. The van der Waals surface area contributed by atoms with Crippen LogP contribution in [0.15, 0.2) is 35.8 Å². The van der Waals surface area contributed by atoms with Crippen molar-refractivity contribution < 1.29 is 13.0 Å². The number of rotatable bonds is 19. The monoisotopic (exact) mass is 593 g/mol. The average molecular weight is 594 g/mol. The van der Waals surface area contributed by atoms with Gasteiger partial charge in [0.05, 0.1) is 16.8 Å². The van der Waals surface area contributed by atoms with Crippen LogP contribution in [0.25, 0.3) is 6.08 Å². The highest BCUT2D eigenvalue weighted by Gasteiger charge is 2.57.